The Hall–Kier alpha value is -1.65. The van der Waals surface area contributed by atoms with E-state index in [0.717, 1.165) is 25.8 Å². The Morgan fingerprint density at radius 2 is 2.00 bits per heavy atom. The van der Waals surface area contributed by atoms with E-state index in [4.69, 9.17) is 0 Å². The Balaban J connectivity index is 1.93. The van der Waals surface area contributed by atoms with Crippen LogP contribution in [0.2, 0.25) is 0 Å². The summed E-state index contributed by atoms with van der Waals surface area (Å²) in [4.78, 5) is 20.4. The van der Waals surface area contributed by atoms with Crippen molar-refractivity contribution in [3.05, 3.63) is 18.1 Å². The SMILES string of the molecule is CCCNc1cc(C(=O)NC2CCCCCC2)ncn1. The summed E-state index contributed by atoms with van der Waals surface area (Å²) in [5.41, 5.74) is 0.447. The molecule has 0 spiro atoms. The van der Waals surface area contributed by atoms with Crippen LogP contribution in [0.3, 0.4) is 0 Å². The van der Waals surface area contributed by atoms with E-state index in [-0.39, 0.29) is 5.91 Å². The van der Waals surface area contributed by atoms with Crippen LogP contribution in [-0.4, -0.2) is 28.5 Å². The van der Waals surface area contributed by atoms with Gasteiger partial charge in [-0.25, -0.2) is 9.97 Å². The molecule has 2 N–H and O–H groups in total. The van der Waals surface area contributed by atoms with Crippen molar-refractivity contribution in [3.63, 3.8) is 0 Å². The van der Waals surface area contributed by atoms with Crippen molar-refractivity contribution < 1.29 is 4.79 Å². The molecule has 1 aromatic heterocycles. The van der Waals surface area contributed by atoms with Crippen LogP contribution in [0.4, 0.5) is 5.82 Å². The lowest BCUT2D eigenvalue weighted by molar-refractivity contribution is 0.0928. The molecule has 1 saturated carbocycles. The summed E-state index contributed by atoms with van der Waals surface area (Å²) in [6, 6.07) is 2.02. The fourth-order valence-electron chi connectivity index (χ4n) is 2.51. The molecule has 0 atom stereocenters. The van der Waals surface area contributed by atoms with Crippen LogP contribution in [-0.2, 0) is 0 Å². The van der Waals surface area contributed by atoms with E-state index in [0.29, 0.717) is 17.6 Å². The highest BCUT2D eigenvalue weighted by Gasteiger charge is 2.16. The number of amides is 1. The van der Waals surface area contributed by atoms with Gasteiger partial charge in [0.15, 0.2) is 0 Å². The Labute approximate surface area is 120 Å². The van der Waals surface area contributed by atoms with Gasteiger partial charge in [0.25, 0.3) is 5.91 Å². The Morgan fingerprint density at radius 1 is 1.25 bits per heavy atom. The van der Waals surface area contributed by atoms with Gasteiger partial charge in [-0.3, -0.25) is 4.79 Å². The van der Waals surface area contributed by atoms with Crippen LogP contribution < -0.4 is 10.6 Å². The van der Waals surface area contributed by atoms with Crippen molar-refractivity contribution in [2.75, 3.05) is 11.9 Å². The van der Waals surface area contributed by atoms with Crippen LogP contribution in [0.1, 0.15) is 62.4 Å². The molecule has 20 heavy (non-hydrogen) atoms. The first-order valence-electron chi connectivity index (χ1n) is 7.66. The van der Waals surface area contributed by atoms with Gasteiger partial charge in [0, 0.05) is 18.7 Å². The maximum Gasteiger partial charge on any atom is 0.270 e. The Morgan fingerprint density at radius 3 is 2.70 bits per heavy atom. The van der Waals surface area contributed by atoms with Crippen molar-refractivity contribution in [2.45, 2.75) is 57.9 Å². The van der Waals surface area contributed by atoms with E-state index >= 15 is 0 Å². The van der Waals surface area contributed by atoms with E-state index in [1.807, 2.05) is 0 Å². The van der Waals surface area contributed by atoms with Gasteiger partial charge in [-0.05, 0) is 19.3 Å². The standard InChI is InChI=1S/C15H24N4O/c1-2-9-16-14-10-13(17-11-18-14)15(20)19-12-7-5-3-4-6-8-12/h10-12H,2-9H2,1H3,(H,19,20)(H,16,17,18). The number of rotatable bonds is 5. The van der Waals surface area contributed by atoms with Gasteiger partial charge in [-0.15, -0.1) is 0 Å². The topological polar surface area (TPSA) is 66.9 Å². The minimum Gasteiger partial charge on any atom is -0.370 e. The van der Waals surface area contributed by atoms with Gasteiger partial charge in [0.2, 0.25) is 0 Å². The molecule has 0 aliphatic heterocycles. The molecule has 110 valence electrons. The first kappa shape index (κ1) is 14.8. The highest BCUT2D eigenvalue weighted by molar-refractivity contribution is 5.93. The molecule has 0 saturated heterocycles. The van der Waals surface area contributed by atoms with Crippen LogP contribution in [0.25, 0.3) is 0 Å². The van der Waals surface area contributed by atoms with E-state index in [2.05, 4.69) is 27.5 Å². The van der Waals surface area contributed by atoms with Gasteiger partial charge < -0.3 is 10.6 Å². The van der Waals surface area contributed by atoms with E-state index < -0.39 is 0 Å². The fourth-order valence-corrected chi connectivity index (χ4v) is 2.51. The minimum atomic E-state index is -0.0844. The predicted octanol–water partition coefficient (Wildman–Crippen LogP) is 2.75. The maximum atomic E-state index is 12.2. The summed E-state index contributed by atoms with van der Waals surface area (Å²) in [5, 5.41) is 6.27. The molecule has 0 aromatic carbocycles. The second-order valence-corrected chi connectivity index (χ2v) is 5.38. The van der Waals surface area contributed by atoms with Crippen LogP contribution >= 0.6 is 0 Å². The van der Waals surface area contributed by atoms with Crippen molar-refractivity contribution >= 4 is 11.7 Å². The summed E-state index contributed by atoms with van der Waals surface area (Å²) in [6.07, 6.45) is 9.61. The summed E-state index contributed by atoms with van der Waals surface area (Å²) in [5.74, 6) is 0.631. The van der Waals surface area contributed by atoms with Gasteiger partial charge >= 0.3 is 0 Å². The molecule has 1 aliphatic rings. The number of anilines is 1. The normalized spacial score (nSPS) is 16.4. The number of hydrogen-bond donors (Lipinski definition) is 2. The van der Waals surface area contributed by atoms with Crippen LogP contribution in [0.5, 0.6) is 0 Å². The molecule has 1 aromatic rings. The molecule has 5 nitrogen and oxygen atoms in total. The summed E-state index contributed by atoms with van der Waals surface area (Å²) in [7, 11) is 0. The highest BCUT2D eigenvalue weighted by Crippen LogP contribution is 2.17. The number of hydrogen-bond acceptors (Lipinski definition) is 4. The number of nitrogens with zero attached hydrogens (tertiary/aromatic N) is 2. The average molecular weight is 276 g/mol. The highest BCUT2D eigenvalue weighted by atomic mass is 16.1. The summed E-state index contributed by atoms with van der Waals surface area (Å²) < 4.78 is 0. The fraction of sp³-hybridized carbons (Fsp3) is 0.667. The monoisotopic (exact) mass is 276 g/mol. The second-order valence-electron chi connectivity index (χ2n) is 5.38. The van der Waals surface area contributed by atoms with E-state index in [1.165, 1.54) is 32.0 Å². The molecular formula is C15H24N4O. The molecule has 0 radical (unpaired) electrons. The van der Waals surface area contributed by atoms with E-state index in [1.54, 1.807) is 6.07 Å². The summed E-state index contributed by atoms with van der Waals surface area (Å²) in [6.45, 7) is 2.94. The first-order chi connectivity index (χ1) is 9.79. The van der Waals surface area contributed by atoms with Crippen LogP contribution in [0.15, 0.2) is 12.4 Å². The molecular weight excluding hydrogens is 252 g/mol. The lowest BCUT2D eigenvalue weighted by Crippen LogP contribution is -2.35. The van der Waals surface area contributed by atoms with Gasteiger partial charge in [0.05, 0.1) is 0 Å². The summed E-state index contributed by atoms with van der Waals surface area (Å²) >= 11 is 0. The van der Waals surface area contributed by atoms with Gasteiger partial charge in [-0.2, -0.15) is 0 Å². The molecule has 0 unspecified atom stereocenters. The Bertz CT molecular complexity index is 428. The number of aromatic nitrogens is 2. The quantitative estimate of drug-likeness (QED) is 0.811. The van der Waals surface area contributed by atoms with Crippen molar-refractivity contribution in [1.29, 1.82) is 0 Å². The first-order valence-corrected chi connectivity index (χ1v) is 7.66. The molecule has 1 heterocycles. The predicted molar refractivity (Wildman–Crippen MR) is 79.8 cm³/mol. The maximum absolute atomic E-state index is 12.2. The third-order valence-corrected chi connectivity index (χ3v) is 3.65. The number of carbonyl (C=O) groups is 1. The van der Waals surface area contributed by atoms with Gasteiger partial charge in [-0.1, -0.05) is 32.6 Å². The average Bonchev–Trinajstić information content (AvgIpc) is 2.74. The largest absolute Gasteiger partial charge is 0.370 e. The zero-order chi connectivity index (χ0) is 14.2. The van der Waals surface area contributed by atoms with Gasteiger partial charge in [0.1, 0.15) is 17.8 Å². The van der Waals surface area contributed by atoms with E-state index in [9.17, 15) is 4.79 Å². The lowest BCUT2D eigenvalue weighted by atomic mass is 10.1. The minimum absolute atomic E-state index is 0.0844. The van der Waals surface area contributed by atoms with Crippen molar-refractivity contribution in [3.8, 4) is 0 Å². The van der Waals surface area contributed by atoms with Crippen LogP contribution in [0, 0.1) is 0 Å². The van der Waals surface area contributed by atoms with Crippen molar-refractivity contribution in [1.82, 2.24) is 15.3 Å². The molecule has 1 fully saturated rings. The molecule has 5 heteroatoms. The number of carbonyl (C=O) groups excluding carboxylic acids is 1. The number of nitrogens with one attached hydrogen (secondary N) is 2. The molecule has 1 aliphatic carbocycles. The third-order valence-electron chi connectivity index (χ3n) is 3.65. The molecule has 2 rings (SSSR count). The smallest absolute Gasteiger partial charge is 0.270 e. The lowest BCUT2D eigenvalue weighted by Gasteiger charge is -2.16. The second kappa shape index (κ2) is 7.82. The molecule has 1 amide bonds. The third kappa shape index (κ3) is 4.47. The Kier molecular flexibility index (Phi) is 5.77. The molecule has 0 bridgehead atoms. The zero-order valence-electron chi connectivity index (χ0n) is 12.2. The van der Waals surface area contributed by atoms with Crippen molar-refractivity contribution in [2.24, 2.45) is 0 Å². The zero-order valence-corrected chi connectivity index (χ0v) is 12.2.